The molecule has 0 fully saturated rings. The van der Waals surface area contributed by atoms with Crippen LogP contribution in [-0.4, -0.2) is 32.4 Å². The first-order valence-electron chi connectivity index (χ1n) is 13.4. The Morgan fingerprint density at radius 2 is 1.56 bits per heavy atom. The second-order valence-electron chi connectivity index (χ2n) is 10.0. The Hall–Kier alpha value is -4.03. The molecule has 0 saturated heterocycles. The van der Waals surface area contributed by atoms with E-state index in [0.29, 0.717) is 16.7 Å². The van der Waals surface area contributed by atoms with Gasteiger partial charge in [0.1, 0.15) is 32.6 Å². The highest BCUT2D eigenvalue weighted by molar-refractivity contribution is 8.01. The third kappa shape index (κ3) is 6.83. The fourth-order valence-corrected chi connectivity index (χ4v) is 6.60. The Morgan fingerprint density at radius 1 is 0.902 bits per heavy atom. The minimum absolute atomic E-state index is 0.135. The molecule has 0 spiro atoms. The molecule has 2 atom stereocenters. The zero-order valence-corrected chi connectivity index (χ0v) is 24.0. The highest BCUT2D eigenvalue weighted by Crippen LogP contribution is 2.40. The summed E-state index contributed by atoms with van der Waals surface area (Å²) >= 11 is 2.92. The van der Waals surface area contributed by atoms with Crippen LogP contribution in [0.3, 0.4) is 0 Å². The second-order valence-corrected chi connectivity index (χ2v) is 12.7. The molecule has 2 amide bonds. The van der Waals surface area contributed by atoms with E-state index in [0.717, 1.165) is 52.6 Å². The van der Waals surface area contributed by atoms with Gasteiger partial charge in [-0.15, -0.1) is 10.2 Å². The van der Waals surface area contributed by atoms with Crippen LogP contribution in [0.5, 0.6) is 0 Å². The summed E-state index contributed by atoms with van der Waals surface area (Å²) in [7, 11) is 0. The monoisotopic (exact) mass is 588 g/mol. The van der Waals surface area contributed by atoms with E-state index in [-0.39, 0.29) is 24.7 Å². The van der Waals surface area contributed by atoms with Crippen LogP contribution in [0.15, 0.2) is 79.7 Å². The van der Waals surface area contributed by atoms with Crippen molar-refractivity contribution in [2.75, 3.05) is 5.32 Å². The maximum absolute atomic E-state index is 12.5. The number of azo groups is 1. The molecule has 3 aromatic heterocycles. The normalized spacial score (nSPS) is 18.3. The number of unbranched alkanes of at least 4 members (excludes halogenated alkanes) is 1. The van der Waals surface area contributed by atoms with Crippen molar-refractivity contribution in [3.05, 3.63) is 77.2 Å². The minimum Gasteiger partial charge on any atom is -0.461 e. The van der Waals surface area contributed by atoms with E-state index in [1.165, 1.54) is 23.1 Å². The molecule has 12 heteroatoms. The van der Waals surface area contributed by atoms with Gasteiger partial charge in [-0.1, -0.05) is 59.5 Å². The molecule has 2 aromatic carbocycles. The Bertz CT molecular complexity index is 1660. The lowest BCUT2D eigenvalue weighted by Crippen LogP contribution is -2.32. The highest BCUT2D eigenvalue weighted by atomic mass is 32.2. The number of carbonyl (C=O) groups is 2. The molecule has 1 aliphatic rings. The molecule has 0 bridgehead atoms. The molecule has 6 rings (SSSR count). The van der Waals surface area contributed by atoms with Crippen LogP contribution in [0.1, 0.15) is 42.7 Å². The van der Waals surface area contributed by atoms with Crippen LogP contribution in [0.25, 0.3) is 21.9 Å². The van der Waals surface area contributed by atoms with Crippen molar-refractivity contribution in [2.45, 2.75) is 55.8 Å². The van der Waals surface area contributed by atoms with E-state index < -0.39 is 10.4 Å². The fourth-order valence-electron chi connectivity index (χ4n) is 4.68. The number of anilines is 1. The summed E-state index contributed by atoms with van der Waals surface area (Å²) in [6.45, 7) is 2.03. The number of fused-ring (bicyclic) bond motifs is 2. The van der Waals surface area contributed by atoms with Gasteiger partial charge in [0, 0.05) is 17.2 Å². The number of thioether (sulfide) groups is 1. The second kappa shape index (κ2) is 11.8. The van der Waals surface area contributed by atoms with Gasteiger partial charge in [-0.2, -0.15) is 10.2 Å². The van der Waals surface area contributed by atoms with Gasteiger partial charge < -0.3 is 19.5 Å². The highest BCUT2D eigenvalue weighted by Gasteiger charge is 2.34. The molecule has 4 heterocycles. The number of hydrogen-bond acceptors (Lipinski definition) is 10. The van der Waals surface area contributed by atoms with Gasteiger partial charge in [0.2, 0.25) is 16.9 Å². The largest absolute Gasteiger partial charge is 0.461 e. The number of aryl methyl sites for hydroxylation is 1. The third-order valence-corrected chi connectivity index (χ3v) is 8.77. The summed E-state index contributed by atoms with van der Waals surface area (Å²) in [5.41, 5.74) is 1.12. The summed E-state index contributed by atoms with van der Waals surface area (Å²) in [6.07, 6.45) is 3.67. The number of aromatic nitrogens is 2. The van der Waals surface area contributed by atoms with E-state index in [1.54, 1.807) is 0 Å². The number of hydrogen-bond donors (Lipinski definition) is 2. The van der Waals surface area contributed by atoms with Crippen molar-refractivity contribution in [2.24, 2.45) is 10.2 Å². The molecule has 1 aliphatic heterocycles. The van der Waals surface area contributed by atoms with Crippen molar-refractivity contribution in [1.29, 1.82) is 0 Å². The number of rotatable bonds is 11. The van der Waals surface area contributed by atoms with E-state index in [1.807, 2.05) is 67.6 Å². The average molecular weight is 589 g/mol. The van der Waals surface area contributed by atoms with E-state index in [9.17, 15) is 9.59 Å². The Morgan fingerprint density at radius 3 is 2.24 bits per heavy atom. The Balaban J connectivity index is 0.902. The molecule has 5 aromatic rings. The minimum atomic E-state index is -0.411. The summed E-state index contributed by atoms with van der Waals surface area (Å²) in [6, 6.07) is 19.1. The van der Waals surface area contributed by atoms with Gasteiger partial charge in [-0.25, -0.2) is 0 Å². The number of benzene rings is 2. The zero-order chi connectivity index (χ0) is 28.2. The SMILES string of the molecule is CC1(CCCCc2nnc(NC(=O)Cc3cc4ccccc4o3)s2)N=NC(NC(=O)Cc2cc3ccccc3o2)S1. The summed E-state index contributed by atoms with van der Waals surface area (Å²) in [4.78, 5) is 24.6. The van der Waals surface area contributed by atoms with Crippen molar-refractivity contribution in [1.82, 2.24) is 15.5 Å². The lowest BCUT2D eigenvalue weighted by atomic mass is 10.1. The van der Waals surface area contributed by atoms with E-state index in [4.69, 9.17) is 8.83 Å². The lowest BCUT2D eigenvalue weighted by Gasteiger charge is -2.19. The first kappa shape index (κ1) is 27.2. The van der Waals surface area contributed by atoms with Crippen LogP contribution >= 0.6 is 23.1 Å². The number of amides is 2. The lowest BCUT2D eigenvalue weighted by molar-refractivity contribution is -0.120. The summed E-state index contributed by atoms with van der Waals surface area (Å²) in [5, 5.41) is 26.1. The zero-order valence-electron chi connectivity index (χ0n) is 22.3. The number of carbonyl (C=O) groups excluding carboxylic acids is 2. The first-order chi connectivity index (χ1) is 19.9. The van der Waals surface area contributed by atoms with Crippen LogP contribution < -0.4 is 10.6 Å². The Kier molecular flexibility index (Phi) is 7.84. The number of nitrogens with one attached hydrogen (secondary N) is 2. The van der Waals surface area contributed by atoms with E-state index in [2.05, 4.69) is 31.1 Å². The standard InChI is InChI=1S/C29H28N6O4S2/c1-29(35-34-28(41-29)31-25(37)17-21-15-19-9-3-5-11-23(19)39-21)13-7-6-12-26-32-33-27(40-26)30-24(36)16-20-14-18-8-2-4-10-22(18)38-20/h2-5,8-11,14-15,28H,6-7,12-13,16-17H2,1H3,(H,31,37)(H,30,33,36). The molecule has 41 heavy (non-hydrogen) atoms. The maximum Gasteiger partial charge on any atom is 0.233 e. The predicted molar refractivity (Wildman–Crippen MR) is 159 cm³/mol. The maximum atomic E-state index is 12.5. The molecule has 2 unspecified atom stereocenters. The van der Waals surface area contributed by atoms with Gasteiger partial charge in [0.05, 0.1) is 12.8 Å². The van der Waals surface area contributed by atoms with Crippen LogP contribution in [0, 0.1) is 0 Å². The average Bonchev–Trinajstić information content (AvgIpc) is 3.72. The van der Waals surface area contributed by atoms with Crippen molar-refractivity contribution >= 4 is 62.0 Å². The van der Waals surface area contributed by atoms with E-state index >= 15 is 0 Å². The third-order valence-electron chi connectivity index (χ3n) is 6.64. The molecule has 0 saturated carbocycles. The molecular weight excluding hydrogens is 560 g/mol. The summed E-state index contributed by atoms with van der Waals surface area (Å²) in [5.74, 6) is 0.887. The molecule has 10 nitrogen and oxygen atoms in total. The Labute approximate surface area is 244 Å². The first-order valence-corrected chi connectivity index (χ1v) is 15.1. The van der Waals surface area contributed by atoms with Crippen LogP contribution in [-0.2, 0) is 28.9 Å². The van der Waals surface area contributed by atoms with Gasteiger partial charge in [-0.05, 0) is 50.5 Å². The van der Waals surface area contributed by atoms with Crippen LogP contribution in [0.2, 0.25) is 0 Å². The van der Waals surface area contributed by atoms with Crippen LogP contribution in [0.4, 0.5) is 5.13 Å². The smallest absolute Gasteiger partial charge is 0.233 e. The fraction of sp³-hybridized carbons (Fsp3) is 0.310. The van der Waals surface area contributed by atoms with Gasteiger partial charge in [-0.3, -0.25) is 9.59 Å². The molecule has 2 N–H and O–H groups in total. The molecule has 210 valence electrons. The van der Waals surface area contributed by atoms with Gasteiger partial charge in [0.25, 0.3) is 0 Å². The van der Waals surface area contributed by atoms with Crippen molar-refractivity contribution in [3.8, 4) is 0 Å². The quantitative estimate of drug-likeness (QED) is 0.169. The molecule has 0 radical (unpaired) electrons. The molecular formula is C29H28N6O4S2. The van der Waals surface area contributed by atoms with Crippen molar-refractivity contribution < 1.29 is 18.4 Å². The van der Waals surface area contributed by atoms with Gasteiger partial charge in [0.15, 0.2) is 5.50 Å². The number of nitrogens with zero attached hydrogens (tertiary/aromatic N) is 4. The number of furan rings is 2. The molecule has 0 aliphatic carbocycles. The topological polar surface area (TPSA) is 135 Å². The van der Waals surface area contributed by atoms with Gasteiger partial charge >= 0.3 is 0 Å². The number of para-hydroxylation sites is 2. The predicted octanol–water partition coefficient (Wildman–Crippen LogP) is 6.48. The van der Waals surface area contributed by atoms with Crippen molar-refractivity contribution in [3.63, 3.8) is 0 Å². The summed E-state index contributed by atoms with van der Waals surface area (Å²) < 4.78 is 11.5.